The third-order valence-electron chi connectivity index (χ3n) is 5.69. The number of nitrogens with one attached hydrogen (secondary N) is 1. The SMILES string of the molecule is COCCn1nnnc1C(c1cc2ccc(OC)cc2[nH]c1=O)N1CCCCCC1. The maximum atomic E-state index is 13.2. The van der Waals surface area contributed by atoms with E-state index in [1.807, 2.05) is 24.3 Å². The fourth-order valence-corrected chi connectivity index (χ4v) is 4.12. The van der Waals surface area contributed by atoms with Gasteiger partial charge in [0.25, 0.3) is 5.56 Å². The third-order valence-corrected chi connectivity index (χ3v) is 5.69. The van der Waals surface area contributed by atoms with E-state index in [1.165, 1.54) is 12.8 Å². The molecule has 3 aromatic rings. The highest BCUT2D eigenvalue weighted by molar-refractivity contribution is 5.80. The van der Waals surface area contributed by atoms with Gasteiger partial charge in [0, 0.05) is 18.7 Å². The summed E-state index contributed by atoms with van der Waals surface area (Å²) in [5.41, 5.74) is 1.27. The molecule has 4 rings (SSSR count). The second-order valence-electron chi connectivity index (χ2n) is 7.61. The molecule has 1 aliphatic rings. The first-order chi connectivity index (χ1) is 14.7. The maximum absolute atomic E-state index is 13.2. The highest BCUT2D eigenvalue weighted by Crippen LogP contribution is 2.29. The van der Waals surface area contributed by atoms with Gasteiger partial charge in [0.05, 0.1) is 25.8 Å². The lowest BCUT2D eigenvalue weighted by Crippen LogP contribution is -2.36. The summed E-state index contributed by atoms with van der Waals surface area (Å²) in [6, 6.07) is 7.34. The van der Waals surface area contributed by atoms with E-state index >= 15 is 0 Å². The number of benzene rings is 1. The summed E-state index contributed by atoms with van der Waals surface area (Å²) < 4.78 is 12.3. The minimum atomic E-state index is -0.315. The number of likely N-dealkylation sites (tertiary alicyclic amines) is 1. The van der Waals surface area contributed by atoms with Gasteiger partial charge in [0.1, 0.15) is 11.8 Å². The van der Waals surface area contributed by atoms with Gasteiger partial charge in [-0.3, -0.25) is 9.69 Å². The third kappa shape index (κ3) is 4.22. The van der Waals surface area contributed by atoms with E-state index in [9.17, 15) is 4.79 Å². The minimum Gasteiger partial charge on any atom is -0.497 e. The van der Waals surface area contributed by atoms with Gasteiger partial charge in [0.2, 0.25) is 0 Å². The average molecular weight is 412 g/mol. The summed E-state index contributed by atoms with van der Waals surface area (Å²) in [6.45, 7) is 2.84. The van der Waals surface area contributed by atoms with Crippen LogP contribution in [-0.4, -0.2) is 64.0 Å². The molecule has 3 heterocycles. The van der Waals surface area contributed by atoms with E-state index in [1.54, 1.807) is 18.9 Å². The molecule has 1 N–H and O–H groups in total. The smallest absolute Gasteiger partial charge is 0.253 e. The van der Waals surface area contributed by atoms with Gasteiger partial charge in [-0.15, -0.1) is 5.10 Å². The first kappa shape index (κ1) is 20.5. The van der Waals surface area contributed by atoms with Crippen LogP contribution < -0.4 is 10.3 Å². The van der Waals surface area contributed by atoms with E-state index in [0.29, 0.717) is 30.3 Å². The second-order valence-corrected chi connectivity index (χ2v) is 7.61. The Morgan fingerprint density at radius 2 is 1.93 bits per heavy atom. The summed E-state index contributed by atoms with van der Waals surface area (Å²) in [7, 11) is 3.27. The van der Waals surface area contributed by atoms with Crippen molar-refractivity contribution < 1.29 is 9.47 Å². The molecule has 1 fully saturated rings. The Kier molecular flexibility index (Phi) is 6.39. The van der Waals surface area contributed by atoms with Crippen LogP contribution in [0.25, 0.3) is 10.9 Å². The summed E-state index contributed by atoms with van der Waals surface area (Å²) in [4.78, 5) is 18.6. The predicted octanol–water partition coefficient (Wildman–Crippen LogP) is 2.13. The molecule has 0 saturated carbocycles. The van der Waals surface area contributed by atoms with Crippen molar-refractivity contribution in [2.75, 3.05) is 33.9 Å². The number of aromatic amines is 1. The number of methoxy groups -OCH3 is 2. The number of nitrogens with zero attached hydrogens (tertiary/aromatic N) is 5. The molecule has 9 heteroatoms. The number of ether oxygens (including phenoxy) is 2. The number of rotatable bonds is 7. The standard InChI is InChI=1S/C21H28N6O3/c1-29-12-11-27-20(23-24-25-27)19(26-9-5-3-4-6-10-26)17-13-15-7-8-16(30-2)14-18(15)22-21(17)28/h7-8,13-14,19H,3-6,9-12H2,1-2H3,(H,22,28). The molecule has 160 valence electrons. The number of aromatic nitrogens is 5. The molecule has 30 heavy (non-hydrogen) atoms. The van der Waals surface area contributed by atoms with Crippen molar-refractivity contribution in [1.29, 1.82) is 0 Å². The molecule has 9 nitrogen and oxygen atoms in total. The zero-order valence-electron chi connectivity index (χ0n) is 17.5. The van der Waals surface area contributed by atoms with Gasteiger partial charge < -0.3 is 14.5 Å². The van der Waals surface area contributed by atoms with Crippen molar-refractivity contribution in [3.05, 3.63) is 46.0 Å². The van der Waals surface area contributed by atoms with Gasteiger partial charge in [-0.1, -0.05) is 12.8 Å². The maximum Gasteiger partial charge on any atom is 0.253 e. The summed E-state index contributed by atoms with van der Waals surface area (Å²) >= 11 is 0. The Morgan fingerprint density at radius 1 is 1.13 bits per heavy atom. The predicted molar refractivity (Wildman–Crippen MR) is 113 cm³/mol. The lowest BCUT2D eigenvalue weighted by molar-refractivity contribution is 0.175. The highest BCUT2D eigenvalue weighted by Gasteiger charge is 2.30. The van der Waals surface area contributed by atoms with Crippen LogP contribution in [0.15, 0.2) is 29.1 Å². The van der Waals surface area contributed by atoms with Crippen molar-refractivity contribution in [2.24, 2.45) is 0 Å². The number of fused-ring (bicyclic) bond motifs is 1. The van der Waals surface area contributed by atoms with Crippen molar-refractivity contribution in [1.82, 2.24) is 30.1 Å². The lowest BCUT2D eigenvalue weighted by Gasteiger charge is -2.29. The normalized spacial score (nSPS) is 16.5. The molecule has 0 radical (unpaired) electrons. The van der Waals surface area contributed by atoms with Crippen LogP contribution in [0.1, 0.15) is 43.1 Å². The molecule has 1 saturated heterocycles. The van der Waals surface area contributed by atoms with Gasteiger partial charge in [0.15, 0.2) is 5.82 Å². The topological polar surface area (TPSA) is 98.2 Å². The molecule has 0 bridgehead atoms. The second kappa shape index (κ2) is 9.36. The number of H-pyrrole nitrogens is 1. The van der Waals surface area contributed by atoms with Gasteiger partial charge in [-0.2, -0.15) is 0 Å². The molecule has 2 aromatic heterocycles. The fraction of sp³-hybridized carbons (Fsp3) is 0.524. The van der Waals surface area contributed by atoms with Crippen LogP contribution in [-0.2, 0) is 11.3 Å². The van der Waals surface area contributed by atoms with Crippen molar-refractivity contribution in [2.45, 2.75) is 38.3 Å². The monoisotopic (exact) mass is 412 g/mol. The van der Waals surface area contributed by atoms with E-state index in [0.717, 1.165) is 36.8 Å². The average Bonchev–Trinajstić information content (AvgIpc) is 3.05. The molecular weight excluding hydrogens is 384 g/mol. The number of tetrazole rings is 1. The molecule has 1 unspecified atom stereocenters. The summed E-state index contributed by atoms with van der Waals surface area (Å²) in [5.74, 6) is 1.38. The molecule has 1 atom stereocenters. The molecule has 0 amide bonds. The first-order valence-corrected chi connectivity index (χ1v) is 10.4. The first-order valence-electron chi connectivity index (χ1n) is 10.4. The van der Waals surface area contributed by atoms with Crippen LogP contribution >= 0.6 is 0 Å². The van der Waals surface area contributed by atoms with E-state index in [4.69, 9.17) is 9.47 Å². The van der Waals surface area contributed by atoms with Crippen LogP contribution in [0.2, 0.25) is 0 Å². The van der Waals surface area contributed by atoms with Crippen LogP contribution in [0.4, 0.5) is 0 Å². The van der Waals surface area contributed by atoms with Crippen LogP contribution in [0, 0.1) is 0 Å². The van der Waals surface area contributed by atoms with E-state index < -0.39 is 0 Å². The Hall–Kier alpha value is -2.78. The molecule has 0 aliphatic carbocycles. The summed E-state index contributed by atoms with van der Waals surface area (Å²) in [5, 5.41) is 13.3. The largest absolute Gasteiger partial charge is 0.497 e. The zero-order chi connectivity index (χ0) is 20.9. The van der Waals surface area contributed by atoms with Crippen molar-refractivity contribution >= 4 is 10.9 Å². The lowest BCUT2D eigenvalue weighted by atomic mass is 10.0. The van der Waals surface area contributed by atoms with Gasteiger partial charge >= 0.3 is 0 Å². The quantitative estimate of drug-likeness (QED) is 0.635. The van der Waals surface area contributed by atoms with Crippen LogP contribution in [0.3, 0.4) is 0 Å². The van der Waals surface area contributed by atoms with Crippen molar-refractivity contribution in [3.63, 3.8) is 0 Å². The minimum absolute atomic E-state index is 0.133. The highest BCUT2D eigenvalue weighted by atomic mass is 16.5. The Morgan fingerprint density at radius 3 is 2.67 bits per heavy atom. The van der Waals surface area contributed by atoms with Crippen molar-refractivity contribution in [3.8, 4) is 5.75 Å². The van der Waals surface area contributed by atoms with E-state index in [2.05, 4.69) is 25.4 Å². The summed E-state index contributed by atoms with van der Waals surface area (Å²) in [6.07, 6.45) is 4.59. The van der Waals surface area contributed by atoms with E-state index in [-0.39, 0.29) is 11.6 Å². The number of pyridine rings is 1. The Balaban J connectivity index is 1.82. The molecule has 0 spiro atoms. The van der Waals surface area contributed by atoms with Gasteiger partial charge in [-0.05, 0) is 59.9 Å². The Labute approximate surface area is 175 Å². The molecular formula is C21H28N6O3. The fourth-order valence-electron chi connectivity index (χ4n) is 4.12. The molecule has 1 aromatic carbocycles. The zero-order valence-corrected chi connectivity index (χ0v) is 17.5. The Bertz CT molecular complexity index is 1040. The number of hydrogen-bond donors (Lipinski definition) is 1. The number of hydrogen-bond acceptors (Lipinski definition) is 7. The van der Waals surface area contributed by atoms with Gasteiger partial charge in [-0.25, -0.2) is 4.68 Å². The van der Waals surface area contributed by atoms with Crippen LogP contribution in [0.5, 0.6) is 5.75 Å². The molecule has 1 aliphatic heterocycles.